The zero-order chi connectivity index (χ0) is 11.3. The van der Waals surface area contributed by atoms with Gasteiger partial charge in [-0.25, -0.2) is 12.7 Å². The number of sulfonamides is 1. The monoisotopic (exact) mass is 297 g/mol. The maximum absolute atomic E-state index is 11.9. The van der Waals surface area contributed by atoms with Crippen molar-refractivity contribution in [1.29, 1.82) is 0 Å². The van der Waals surface area contributed by atoms with Gasteiger partial charge in [0.05, 0.1) is 5.75 Å². The van der Waals surface area contributed by atoms with E-state index in [1.54, 1.807) is 4.31 Å². The summed E-state index contributed by atoms with van der Waals surface area (Å²) in [4.78, 5) is 0. The molecule has 3 nitrogen and oxygen atoms in total. The summed E-state index contributed by atoms with van der Waals surface area (Å²) >= 11 is 3.44. The highest BCUT2D eigenvalue weighted by Crippen LogP contribution is 2.21. The van der Waals surface area contributed by atoms with Crippen molar-refractivity contribution in [3.63, 3.8) is 0 Å². The molecule has 0 N–H and O–H groups in total. The molecular weight excluding hydrogens is 278 g/mol. The van der Waals surface area contributed by atoms with E-state index >= 15 is 0 Å². The smallest absolute Gasteiger partial charge is 0.212 e. The van der Waals surface area contributed by atoms with Crippen molar-refractivity contribution in [2.24, 2.45) is 5.92 Å². The Balaban J connectivity index is 2.54. The summed E-state index contributed by atoms with van der Waals surface area (Å²) in [7, 11) is -2.98. The van der Waals surface area contributed by atoms with Crippen LogP contribution in [0, 0.1) is 5.92 Å². The minimum atomic E-state index is -2.98. The molecule has 0 radical (unpaired) electrons. The lowest BCUT2D eigenvalue weighted by atomic mass is 10.0. The molecule has 1 heterocycles. The number of hydrogen-bond acceptors (Lipinski definition) is 2. The number of halogens is 1. The quantitative estimate of drug-likeness (QED) is 0.730. The van der Waals surface area contributed by atoms with E-state index in [0.717, 1.165) is 37.6 Å². The van der Waals surface area contributed by atoms with Crippen LogP contribution in [0.25, 0.3) is 0 Å². The summed E-state index contributed by atoms with van der Waals surface area (Å²) in [5.41, 5.74) is 0. The highest BCUT2D eigenvalue weighted by atomic mass is 79.9. The second-order valence-corrected chi connectivity index (χ2v) is 6.93. The summed E-state index contributed by atoms with van der Waals surface area (Å²) in [5, 5.41) is 0.910. The number of nitrogens with zero attached hydrogens (tertiary/aromatic N) is 1. The van der Waals surface area contributed by atoms with E-state index in [9.17, 15) is 8.42 Å². The molecule has 1 unspecified atom stereocenters. The SMILES string of the molecule is CCCCS(=O)(=O)N1CCCC(CBr)C1. The molecule has 0 bridgehead atoms. The first kappa shape index (κ1) is 13.5. The molecule has 5 heteroatoms. The Kier molecular flexibility index (Phi) is 5.57. The van der Waals surface area contributed by atoms with Crippen LogP contribution in [0.15, 0.2) is 0 Å². The van der Waals surface area contributed by atoms with Gasteiger partial charge in [0.25, 0.3) is 0 Å². The molecule has 1 atom stereocenters. The largest absolute Gasteiger partial charge is 0.214 e. The first-order valence-corrected chi connectivity index (χ1v) is 8.37. The maximum atomic E-state index is 11.9. The summed E-state index contributed by atoms with van der Waals surface area (Å²) in [5.74, 6) is 0.813. The molecule has 90 valence electrons. The number of alkyl halides is 1. The van der Waals surface area contributed by atoms with Crippen molar-refractivity contribution in [2.75, 3.05) is 24.2 Å². The summed E-state index contributed by atoms with van der Waals surface area (Å²) in [6.45, 7) is 3.44. The molecule has 1 fully saturated rings. The van der Waals surface area contributed by atoms with E-state index in [1.165, 1.54) is 0 Å². The van der Waals surface area contributed by atoms with Crippen molar-refractivity contribution in [3.05, 3.63) is 0 Å². The lowest BCUT2D eigenvalue weighted by Gasteiger charge is -2.31. The molecule has 1 saturated heterocycles. The molecule has 0 spiro atoms. The van der Waals surface area contributed by atoms with Crippen LogP contribution >= 0.6 is 15.9 Å². The van der Waals surface area contributed by atoms with Crippen LogP contribution in [0.5, 0.6) is 0 Å². The topological polar surface area (TPSA) is 37.4 Å². The van der Waals surface area contributed by atoms with E-state index in [0.29, 0.717) is 18.2 Å². The third-order valence-corrected chi connectivity index (χ3v) is 5.69. The average Bonchev–Trinajstić information content (AvgIpc) is 2.26. The summed E-state index contributed by atoms with van der Waals surface area (Å²) in [6, 6.07) is 0. The van der Waals surface area contributed by atoms with Gasteiger partial charge < -0.3 is 0 Å². The molecule has 0 aromatic heterocycles. The highest BCUT2D eigenvalue weighted by Gasteiger charge is 2.27. The Bertz CT molecular complexity index is 279. The number of piperidine rings is 1. The molecular formula is C10H20BrNO2S. The van der Waals surface area contributed by atoms with Gasteiger partial charge in [0, 0.05) is 18.4 Å². The van der Waals surface area contributed by atoms with Gasteiger partial charge in [-0.05, 0) is 25.2 Å². The third-order valence-electron chi connectivity index (χ3n) is 2.85. The zero-order valence-corrected chi connectivity index (χ0v) is 11.7. The lowest BCUT2D eigenvalue weighted by molar-refractivity contribution is 0.285. The summed E-state index contributed by atoms with van der Waals surface area (Å²) in [6.07, 6.45) is 3.86. The van der Waals surface area contributed by atoms with E-state index in [2.05, 4.69) is 15.9 Å². The Morgan fingerprint density at radius 3 is 2.80 bits per heavy atom. The fraction of sp³-hybridized carbons (Fsp3) is 1.00. The van der Waals surface area contributed by atoms with Crippen LogP contribution in [0.3, 0.4) is 0 Å². The Morgan fingerprint density at radius 2 is 2.20 bits per heavy atom. The van der Waals surface area contributed by atoms with Gasteiger partial charge in [0.1, 0.15) is 0 Å². The first-order chi connectivity index (χ1) is 7.10. The molecule has 1 aliphatic heterocycles. The van der Waals surface area contributed by atoms with Crippen molar-refractivity contribution in [1.82, 2.24) is 4.31 Å². The van der Waals surface area contributed by atoms with Crippen LogP contribution in [-0.2, 0) is 10.0 Å². The van der Waals surface area contributed by atoms with Crippen LogP contribution in [-0.4, -0.2) is 36.9 Å². The molecule has 15 heavy (non-hydrogen) atoms. The van der Waals surface area contributed by atoms with Crippen molar-refractivity contribution in [3.8, 4) is 0 Å². The second kappa shape index (κ2) is 6.21. The lowest BCUT2D eigenvalue weighted by Crippen LogP contribution is -2.41. The molecule has 1 aliphatic rings. The van der Waals surface area contributed by atoms with Crippen LogP contribution in [0.2, 0.25) is 0 Å². The molecule has 0 saturated carbocycles. The van der Waals surface area contributed by atoms with E-state index < -0.39 is 10.0 Å². The average molecular weight is 298 g/mol. The molecule has 0 aromatic carbocycles. The number of rotatable bonds is 5. The van der Waals surface area contributed by atoms with Gasteiger partial charge in [-0.3, -0.25) is 0 Å². The molecule has 0 aliphatic carbocycles. The first-order valence-electron chi connectivity index (χ1n) is 5.64. The Morgan fingerprint density at radius 1 is 1.47 bits per heavy atom. The highest BCUT2D eigenvalue weighted by molar-refractivity contribution is 9.09. The second-order valence-electron chi connectivity index (χ2n) is 4.19. The van der Waals surface area contributed by atoms with Gasteiger partial charge in [-0.1, -0.05) is 29.3 Å². The van der Waals surface area contributed by atoms with Gasteiger partial charge >= 0.3 is 0 Å². The molecule has 0 amide bonds. The van der Waals surface area contributed by atoms with E-state index in [1.807, 2.05) is 6.92 Å². The zero-order valence-electron chi connectivity index (χ0n) is 9.28. The van der Waals surface area contributed by atoms with Gasteiger partial charge in [-0.15, -0.1) is 0 Å². The van der Waals surface area contributed by atoms with Crippen molar-refractivity contribution < 1.29 is 8.42 Å². The number of hydrogen-bond donors (Lipinski definition) is 0. The summed E-state index contributed by atoms with van der Waals surface area (Å²) < 4.78 is 25.5. The minimum Gasteiger partial charge on any atom is -0.212 e. The van der Waals surface area contributed by atoms with Crippen LogP contribution in [0.1, 0.15) is 32.6 Å². The van der Waals surface area contributed by atoms with Gasteiger partial charge in [-0.2, -0.15) is 0 Å². The minimum absolute atomic E-state index is 0.318. The standard InChI is InChI=1S/C10H20BrNO2S/c1-2-3-7-15(13,14)12-6-4-5-10(8-11)9-12/h10H,2-9H2,1H3. The van der Waals surface area contributed by atoms with E-state index in [-0.39, 0.29) is 0 Å². The normalized spacial score (nSPS) is 24.3. The fourth-order valence-corrected chi connectivity index (χ4v) is 4.15. The predicted octanol–water partition coefficient (Wildman–Crippen LogP) is 2.22. The third kappa shape index (κ3) is 4.04. The van der Waals surface area contributed by atoms with Gasteiger partial charge in [0.15, 0.2) is 0 Å². The van der Waals surface area contributed by atoms with E-state index in [4.69, 9.17) is 0 Å². The fourth-order valence-electron chi connectivity index (χ4n) is 1.86. The van der Waals surface area contributed by atoms with Crippen LogP contribution in [0.4, 0.5) is 0 Å². The molecule has 0 aromatic rings. The van der Waals surface area contributed by atoms with Gasteiger partial charge in [0.2, 0.25) is 10.0 Å². The van der Waals surface area contributed by atoms with Crippen molar-refractivity contribution >= 4 is 26.0 Å². The predicted molar refractivity (Wildman–Crippen MR) is 66.8 cm³/mol. The van der Waals surface area contributed by atoms with Crippen molar-refractivity contribution in [2.45, 2.75) is 32.6 Å². The number of unbranched alkanes of at least 4 members (excludes halogenated alkanes) is 1. The maximum Gasteiger partial charge on any atom is 0.214 e. The Hall–Kier alpha value is 0.390. The van der Waals surface area contributed by atoms with Crippen LogP contribution < -0.4 is 0 Å². The Labute approximate surface area is 101 Å². The molecule has 1 rings (SSSR count).